The van der Waals surface area contributed by atoms with Crippen LogP contribution in [-0.4, -0.2) is 38.4 Å². The molecule has 1 aromatic heterocycles. The number of fused-ring (bicyclic) bond motifs is 1. The molecule has 11 nitrogen and oxygen atoms in total. The Kier molecular flexibility index (Phi) is 7.17. The quantitative estimate of drug-likeness (QED) is 0.303. The molecule has 1 aliphatic carbocycles. The predicted molar refractivity (Wildman–Crippen MR) is 137 cm³/mol. The second-order valence-corrected chi connectivity index (χ2v) is 9.56. The van der Waals surface area contributed by atoms with Crippen LogP contribution in [0.15, 0.2) is 48.5 Å². The molecule has 1 aliphatic rings. The highest BCUT2D eigenvalue weighted by Gasteiger charge is 2.54. The van der Waals surface area contributed by atoms with Crippen LogP contribution in [0.5, 0.6) is 0 Å². The molecule has 3 atom stereocenters. The predicted octanol–water partition coefficient (Wildman–Crippen LogP) is 2.95. The van der Waals surface area contributed by atoms with E-state index in [0.717, 1.165) is 0 Å². The zero-order valence-corrected chi connectivity index (χ0v) is 20.7. The normalized spacial score (nSPS) is 19.8. The van der Waals surface area contributed by atoms with E-state index >= 15 is 0 Å². The van der Waals surface area contributed by atoms with E-state index in [1.54, 1.807) is 31.3 Å². The van der Waals surface area contributed by atoms with Crippen molar-refractivity contribution in [1.29, 1.82) is 5.26 Å². The van der Waals surface area contributed by atoms with E-state index in [9.17, 15) is 34.9 Å². The first-order valence-corrected chi connectivity index (χ1v) is 12.2. The molecule has 0 spiro atoms. The number of benzene rings is 2. The van der Waals surface area contributed by atoms with E-state index in [-0.39, 0.29) is 36.2 Å². The van der Waals surface area contributed by atoms with Crippen LogP contribution in [0.2, 0.25) is 0 Å². The number of carbonyl (C=O) groups is 3. The van der Waals surface area contributed by atoms with Gasteiger partial charge in [0.1, 0.15) is 11.7 Å². The Morgan fingerprint density at radius 1 is 1.24 bits per heavy atom. The van der Waals surface area contributed by atoms with Crippen molar-refractivity contribution in [3.63, 3.8) is 0 Å². The van der Waals surface area contributed by atoms with Gasteiger partial charge in [-0.05, 0) is 24.5 Å². The molecule has 0 radical (unpaired) electrons. The molecule has 2 amide bonds. The third kappa shape index (κ3) is 4.45. The SMILES string of the molecule is Cn1c(C(=O)O)c([C@]2(C(N)=O)CCCC[C@H]2C(=O)NC(C#N)Cc2ccc([N+](=O)[O-])cc2)c2ccccc21. The Balaban J connectivity index is 1.74. The number of nitrogens with two attached hydrogens (primary N) is 1. The number of nitrogens with one attached hydrogen (secondary N) is 1. The van der Waals surface area contributed by atoms with Gasteiger partial charge in [0.05, 0.1) is 22.3 Å². The van der Waals surface area contributed by atoms with Crippen LogP contribution in [0.4, 0.5) is 5.69 Å². The Hall–Kier alpha value is -4.72. The van der Waals surface area contributed by atoms with Crippen LogP contribution in [0.1, 0.15) is 47.3 Å². The summed E-state index contributed by atoms with van der Waals surface area (Å²) in [6.45, 7) is 0. The van der Waals surface area contributed by atoms with Crippen molar-refractivity contribution in [2.24, 2.45) is 18.7 Å². The van der Waals surface area contributed by atoms with Gasteiger partial charge in [-0.25, -0.2) is 4.79 Å². The smallest absolute Gasteiger partial charge is 0.352 e. The summed E-state index contributed by atoms with van der Waals surface area (Å²) in [4.78, 5) is 49.8. The lowest BCUT2D eigenvalue weighted by atomic mass is 9.60. The molecule has 3 aromatic rings. The van der Waals surface area contributed by atoms with Gasteiger partial charge in [-0.2, -0.15) is 5.26 Å². The fourth-order valence-electron chi connectivity index (χ4n) is 5.73. The summed E-state index contributed by atoms with van der Waals surface area (Å²) in [5, 5.41) is 34.1. The molecule has 0 saturated heterocycles. The number of aromatic nitrogens is 1. The summed E-state index contributed by atoms with van der Waals surface area (Å²) in [5.74, 6) is -3.59. The Morgan fingerprint density at radius 2 is 1.92 bits per heavy atom. The highest BCUT2D eigenvalue weighted by Crippen LogP contribution is 2.48. The van der Waals surface area contributed by atoms with Crippen LogP contribution >= 0.6 is 0 Å². The zero-order valence-electron chi connectivity index (χ0n) is 20.7. The number of aromatic carboxylic acids is 1. The van der Waals surface area contributed by atoms with Crippen molar-refractivity contribution in [3.8, 4) is 6.07 Å². The largest absolute Gasteiger partial charge is 0.477 e. The lowest BCUT2D eigenvalue weighted by Gasteiger charge is -2.41. The van der Waals surface area contributed by atoms with E-state index in [0.29, 0.717) is 29.3 Å². The van der Waals surface area contributed by atoms with Gasteiger partial charge in [-0.3, -0.25) is 19.7 Å². The average molecular weight is 518 g/mol. The Bertz CT molecular complexity index is 1470. The van der Waals surface area contributed by atoms with Gasteiger partial charge in [0.25, 0.3) is 5.69 Å². The van der Waals surface area contributed by atoms with Crippen molar-refractivity contribution in [1.82, 2.24) is 9.88 Å². The van der Waals surface area contributed by atoms with Gasteiger partial charge >= 0.3 is 5.97 Å². The molecule has 1 saturated carbocycles. The van der Waals surface area contributed by atoms with Crippen LogP contribution in [-0.2, 0) is 28.5 Å². The number of amides is 2. The number of nitro groups is 1. The second-order valence-electron chi connectivity index (χ2n) is 9.56. The molecular weight excluding hydrogens is 490 g/mol. The third-order valence-corrected chi connectivity index (χ3v) is 7.48. The van der Waals surface area contributed by atoms with E-state index < -0.39 is 40.1 Å². The molecule has 0 aliphatic heterocycles. The summed E-state index contributed by atoms with van der Waals surface area (Å²) in [7, 11) is 1.60. The van der Waals surface area contributed by atoms with Gasteiger partial charge in [0, 0.05) is 42.1 Å². The highest BCUT2D eigenvalue weighted by molar-refractivity contribution is 6.06. The molecule has 196 valence electrons. The van der Waals surface area contributed by atoms with Gasteiger partial charge in [-0.1, -0.05) is 43.2 Å². The molecule has 38 heavy (non-hydrogen) atoms. The second kappa shape index (κ2) is 10.3. The minimum absolute atomic E-state index is 0.0885. The lowest BCUT2D eigenvalue weighted by Crippen LogP contribution is -2.56. The van der Waals surface area contributed by atoms with E-state index in [4.69, 9.17) is 5.73 Å². The number of non-ortho nitro benzene ring substituents is 1. The molecule has 11 heteroatoms. The van der Waals surface area contributed by atoms with Gasteiger partial charge in [0.2, 0.25) is 11.8 Å². The average Bonchev–Trinajstić information content (AvgIpc) is 3.21. The zero-order chi connectivity index (χ0) is 27.6. The summed E-state index contributed by atoms with van der Waals surface area (Å²) in [5.41, 5.74) is 5.65. The van der Waals surface area contributed by atoms with Crippen molar-refractivity contribution < 1.29 is 24.4 Å². The minimum atomic E-state index is -1.59. The number of rotatable bonds is 8. The highest BCUT2D eigenvalue weighted by atomic mass is 16.6. The maximum atomic E-state index is 13.7. The number of aryl methyl sites for hydroxylation is 1. The summed E-state index contributed by atoms with van der Waals surface area (Å²) >= 11 is 0. The first-order chi connectivity index (χ1) is 18.1. The van der Waals surface area contributed by atoms with Gasteiger partial charge < -0.3 is 20.7 Å². The van der Waals surface area contributed by atoms with Crippen LogP contribution in [0.25, 0.3) is 10.9 Å². The fourth-order valence-corrected chi connectivity index (χ4v) is 5.73. The maximum absolute atomic E-state index is 13.7. The summed E-state index contributed by atoms with van der Waals surface area (Å²) < 4.78 is 1.49. The number of hydrogen-bond donors (Lipinski definition) is 3. The molecule has 4 N–H and O–H groups in total. The number of carbonyl (C=O) groups excluding carboxylic acids is 2. The molecule has 0 bridgehead atoms. The number of primary amides is 1. The van der Waals surface area contributed by atoms with Gasteiger partial charge in [0.15, 0.2) is 0 Å². The standard InChI is InChI=1S/C27H27N5O6/c1-31-21-8-3-2-6-19(21)22(23(31)25(34)35)27(26(29)36)13-5-4-7-20(27)24(33)30-17(15-28)14-16-9-11-18(12-10-16)32(37)38/h2-3,6,8-12,17,20H,4-5,7,13-14H2,1H3,(H2,29,36)(H,30,33)(H,34,35)/t17?,20-,27-/m0/s1. The number of carboxylic acids is 1. The fraction of sp³-hybridized carbons (Fsp3) is 0.333. The number of para-hydroxylation sites is 1. The van der Waals surface area contributed by atoms with Crippen molar-refractivity contribution in [2.45, 2.75) is 43.6 Å². The van der Waals surface area contributed by atoms with E-state index in [2.05, 4.69) is 5.32 Å². The first kappa shape index (κ1) is 26.3. The maximum Gasteiger partial charge on any atom is 0.352 e. The molecule has 1 heterocycles. The van der Waals surface area contributed by atoms with Crippen LogP contribution in [0.3, 0.4) is 0 Å². The first-order valence-electron chi connectivity index (χ1n) is 12.2. The molecule has 2 aromatic carbocycles. The Morgan fingerprint density at radius 3 is 2.53 bits per heavy atom. The molecular formula is C27H27N5O6. The van der Waals surface area contributed by atoms with Crippen molar-refractivity contribution in [3.05, 3.63) is 75.5 Å². The third-order valence-electron chi connectivity index (χ3n) is 7.48. The topological polar surface area (TPSA) is 181 Å². The number of nitro benzene ring substituents is 1. The van der Waals surface area contributed by atoms with Crippen molar-refractivity contribution >= 4 is 34.4 Å². The summed E-state index contributed by atoms with van der Waals surface area (Å²) in [6.07, 6.45) is 1.76. The van der Waals surface area contributed by atoms with E-state index in [1.165, 1.54) is 28.8 Å². The Labute approximate surface area is 218 Å². The lowest BCUT2D eigenvalue weighted by molar-refractivity contribution is -0.384. The van der Waals surface area contributed by atoms with Crippen molar-refractivity contribution in [2.75, 3.05) is 0 Å². The molecule has 4 rings (SSSR count). The number of hydrogen-bond acceptors (Lipinski definition) is 6. The number of nitrogens with zero attached hydrogens (tertiary/aromatic N) is 3. The molecule has 1 unspecified atom stereocenters. The van der Waals surface area contributed by atoms with Crippen LogP contribution < -0.4 is 11.1 Å². The van der Waals surface area contributed by atoms with E-state index in [1.807, 2.05) is 6.07 Å². The number of carboxylic acid groups (broad SMARTS) is 1. The number of nitriles is 1. The molecule has 1 fully saturated rings. The van der Waals surface area contributed by atoms with Crippen LogP contribution in [0, 0.1) is 27.4 Å². The summed E-state index contributed by atoms with van der Waals surface area (Å²) in [6, 6.07) is 13.7. The monoisotopic (exact) mass is 517 g/mol. The minimum Gasteiger partial charge on any atom is -0.477 e. The van der Waals surface area contributed by atoms with Gasteiger partial charge in [-0.15, -0.1) is 0 Å².